The van der Waals surface area contributed by atoms with E-state index in [9.17, 15) is 8.42 Å². The number of methoxy groups -OCH3 is 1. The van der Waals surface area contributed by atoms with Crippen LogP contribution in [-0.4, -0.2) is 45.5 Å². The Morgan fingerprint density at radius 1 is 1.07 bits per heavy atom. The summed E-state index contributed by atoms with van der Waals surface area (Å²) in [7, 11) is -1.91. The molecule has 0 aliphatic carbocycles. The van der Waals surface area contributed by atoms with Gasteiger partial charge in [-0.1, -0.05) is 30.3 Å². The molecule has 2 aromatic rings. The van der Waals surface area contributed by atoms with Gasteiger partial charge in [0.1, 0.15) is 10.6 Å². The highest BCUT2D eigenvalue weighted by Crippen LogP contribution is 2.29. The topological polar surface area (TPSA) is 68.2 Å². The van der Waals surface area contributed by atoms with Crippen molar-refractivity contribution in [2.75, 3.05) is 20.2 Å². The second kappa shape index (κ2) is 7.32. The van der Waals surface area contributed by atoms with Crippen LogP contribution in [0.2, 0.25) is 0 Å². The van der Waals surface area contributed by atoms with Crippen LogP contribution >= 0.6 is 0 Å². The molecule has 2 heterocycles. The number of hydrogen-bond donors (Lipinski definition) is 0. The molecular weight excluding hydrogens is 364 g/mol. The lowest BCUT2D eigenvalue weighted by molar-refractivity contribution is 0.00775. The van der Waals surface area contributed by atoms with Crippen LogP contribution in [0.5, 0.6) is 5.75 Å². The van der Waals surface area contributed by atoms with Crippen LogP contribution in [-0.2, 0) is 21.4 Å². The van der Waals surface area contributed by atoms with Crippen molar-refractivity contribution in [1.82, 2.24) is 4.90 Å². The first-order chi connectivity index (χ1) is 13.1. The average Bonchev–Trinajstić information content (AvgIpc) is 2.98. The molecule has 142 valence electrons. The average molecular weight is 386 g/mol. The molecule has 4 rings (SSSR count). The Balaban J connectivity index is 1.39. The second-order valence-electron chi connectivity index (χ2n) is 6.70. The Bertz CT molecular complexity index is 963. The van der Waals surface area contributed by atoms with Crippen molar-refractivity contribution in [3.63, 3.8) is 0 Å². The van der Waals surface area contributed by atoms with Gasteiger partial charge in [-0.15, -0.1) is 4.40 Å². The predicted molar refractivity (Wildman–Crippen MR) is 103 cm³/mol. The van der Waals surface area contributed by atoms with E-state index < -0.39 is 10.0 Å². The lowest BCUT2D eigenvalue weighted by Crippen LogP contribution is -2.40. The third-order valence-electron chi connectivity index (χ3n) is 5.02. The monoisotopic (exact) mass is 386 g/mol. The highest BCUT2D eigenvalue weighted by atomic mass is 32.2. The molecule has 0 aromatic heterocycles. The minimum Gasteiger partial charge on any atom is -0.496 e. The number of ether oxygens (including phenoxy) is 2. The molecule has 0 atom stereocenters. The number of sulfonamides is 1. The third-order valence-corrected chi connectivity index (χ3v) is 6.35. The van der Waals surface area contributed by atoms with Crippen molar-refractivity contribution in [2.45, 2.75) is 30.4 Å². The van der Waals surface area contributed by atoms with Crippen molar-refractivity contribution in [1.29, 1.82) is 0 Å². The van der Waals surface area contributed by atoms with Gasteiger partial charge < -0.3 is 14.4 Å². The fourth-order valence-electron chi connectivity index (χ4n) is 3.58. The summed E-state index contributed by atoms with van der Waals surface area (Å²) >= 11 is 0. The Hall–Kier alpha value is -2.38. The summed E-state index contributed by atoms with van der Waals surface area (Å²) in [4.78, 5) is 2.35. The molecular formula is C20H22N2O4S. The van der Waals surface area contributed by atoms with Crippen molar-refractivity contribution in [2.24, 2.45) is 4.40 Å². The molecule has 0 amide bonds. The minimum absolute atomic E-state index is 0.139. The van der Waals surface area contributed by atoms with Crippen LogP contribution < -0.4 is 4.74 Å². The molecule has 6 nitrogen and oxygen atoms in total. The van der Waals surface area contributed by atoms with E-state index in [2.05, 4.69) is 4.40 Å². The van der Waals surface area contributed by atoms with E-state index in [1.807, 2.05) is 41.3 Å². The standard InChI is InChI=1S/C20H22N2O4S/c1-25-18-8-4-2-6-15(18)14-26-16-10-12-22(13-11-16)20-17-7-3-5-9-19(17)27(23,24)21-20/h2-9,16H,10-14H2,1H3. The van der Waals surface area contributed by atoms with Crippen molar-refractivity contribution in [3.8, 4) is 5.75 Å². The molecule has 7 heteroatoms. The van der Waals surface area contributed by atoms with Gasteiger partial charge in [-0.25, -0.2) is 0 Å². The van der Waals surface area contributed by atoms with Crippen LogP contribution in [0.25, 0.3) is 0 Å². The molecule has 0 spiro atoms. The van der Waals surface area contributed by atoms with Gasteiger partial charge in [-0.05, 0) is 31.0 Å². The van der Waals surface area contributed by atoms with Crippen LogP contribution in [0.15, 0.2) is 57.8 Å². The van der Waals surface area contributed by atoms with E-state index in [1.54, 1.807) is 19.2 Å². The van der Waals surface area contributed by atoms with Crippen LogP contribution in [0, 0.1) is 0 Å². The van der Waals surface area contributed by atoms with Gasteiger partial charge in [0.15, 0.2) is 5.84 Å². The molecule has 0 unspecified atom stereocenters. The molecule has 0 bridgehead atoms. The molecule has 1 fully saturated rings. The molecule has 2 aromatic carbocycles. The number of fused-ring (bicyclic) bond motifs is 1. The quantitative estimate of drug-likeness (QED) is 0.808. The van der Waals surface area contributed by atoms with Crippen molar-refractivity contribution in [3.05, 3.63) is 59.7 Å². The number of hydrogen-bond acceptors (Lipinski definition) is 5. The second-order valence-corrected chi connectivity index (χ2v) is 8.27. The lowest BCUT2D eigenvalue weighted by atomic mass is 10.1. The Morgan fingerprint density at radius 2 is 1.78 bits per heavy atom. The zero-order chi connectivity index (χ0) is 18.9. The van der Waals surface area contributed by atoms with Gasteiger partial charge in [0.25, 0.3) is 10.0 Å². The molecule has 2 aliphatic rings. The normalized spacial score (nSPS) is 18.9. The molecule has 2 aliphatic heterocycles. The number of benzene rings is 2. The van der Waals surface area contributed by atoms with E-state index in [0.29, 0.717) is 22.9 Å². The first-order valence-corrected chi connectivity index (χ1v) is 10.5. The zero-order valence-corrected chi connectivity index (χ0v) is 16.0. The van der Waals surface area contributed by atoms with Crippen molar-refractivity contribution < 1.29 is 17.9 Å². The van der Waals surface area contributed by atoms with E-state index in [1.165, 1.54) is 0 Å². The highest BCUT2D eigenvalue weighted by Gasteiger charge is 2.33. The number of likely N-dealkylation sites (tertiary alicyclic amines) is 1. The van der Waals surface area contributed by atoms with E-state index in [0.717, 1.165) is 37.2 Å². The molecule has 0 saturated carbocycles. The zero-order valence-electron chi connectivity index (χ0n) is 15.2. The van der Waals surface area contributed by atoms with Crippen LogP contribution in [0.3, 0.4) is 0 Å². The van der Waals surface area contributed by atoms with Gasteiger partial charge in [-0.2, -0.15) is 8.42 Å². The summed E-state index contributed by atoms with van der Waals surface area (Å²) < 4.78 is 39.9. The first kappa shape index (κ1) is 18.0. The minimum atomic E-state index is -3.57. The maximum absolute atomic E-state index is 12.2. The fraction of sp³-hybridized carbons (Fsp3) is 0.350. The summed E-state index contributed by atoms with van der Waals surface area (Å²) in [6.45, 7) is 1.95. The smallest absolute Gasteiger partial charge is 0.285 e. The number of amidine groups is 1. The van der Waals surface area contributed by atoms with Gasteiger partial charge in [-0.3, -0.25) is 0 Å². The van der Waals surface area contributed by atoms with E-state index >= 15 is 0 Å². The Morgan fingerprint density at radius 3 is 2.56 bits per heavy atom. The van der Waals surface area contributed by atoms with Crippen molar-refractivity contribution >= 4 is 15.9 Å². The highest BCUT2D eigenvalue weighted by molar-refractivity contribution is 7.90. The number of rotatable bonds is 4. The predicted octanol–water partition coefficient (Wildman–Crippen LogP) is 2.83. The molecule has 27 heavy (non-hydrogen) atoms. The lowest BCUT2D eigenvalue weighted by Gasteiger charge is -2.33. The van der Waals surface area contributed by atoms with E-state index in [-0.39, 0.29) is 6.10 Å². The van der Waals surface area contributed by atoms with Crippen LogP contribution in [0.4, 0.5) is 0 Å². The summed E-state index contributed by atoms with van der Waals surface area (Å²) in [6.07, 6.45) is 1.80. The summed E-state index contributed by atoms with van der Waals surface area (Å²) in [5, 5.41) is 0. The molecule has 0 radical (unpaired) electrons. The molecule has 0 N–H and O–H groups in total. The number of piperidine rings is 1. The Labute approximate surface area is 159 Å². The molecule has 1 saturated heterocycles. The van der Waals surface area contributed by atoms with Gasteiger partial charge >= 0.3 is 0 Å². The summed E-state index contributed by atoms with van der Waals surface area (Å²) in [5.74, 6) is 1.39. The Kier molecular flexibility index (Phi) is 4.88. The summed E-state index contributed by atoms with van der Waals surface area (Å²) in [5.41, 5.74) is 1.73. The summed E-state index contributed by atoms with van der Waals surface area (Å²) in [6, 6.07) is 14.9. The van der Waals surface area contributed by atoms with E-state index in [4.69, 9.17) is 9.47 Å². The number of para-hydroxylation sites is 1. The maximum atomic E-state index is 12.2. The third kappa shape index (κ3) is 3.57. The SMILES string of the molecule is COc1ccccc1COC1CCN(C2=NS(=O)(=O)c3ccccc32)CC1. The van der Waals surface area contributed by atoms with Gasteiger partial charge in [0.2, 0.25) is 0 Å². The largest absolute Gasteiger partial charge is 0.496 e. The van der Waals surface area contributed by atoms with Crippen LogP contribution in [0.1, 0.15) is 24.0 Å². The maximum Gasteiger partial charge on any atom is 0.285 e. The van der Waals surface area contributed by atoms with Gasteiger partial charge in [0.05, 0.1) is 19.8 Å². The number of nitrogens with zero attached hydrogens (tertiary/aromatic N) is 2. The van der Waals surface area contributed by atoms with Gasteiger partial charge in [0, 0.05) is 24.2 Å². The first-order valence-electron chi connectivity index (χ1n) is 9.01. The fourth-order valence-corrected chi connectivity index (χ4v) is 4.81.